The van der Waals surface area contributed by atoms with Gasteiger partial charge in [-0.05, 0) is 59.5 Å². The van der Waals surface area contributed by atoms with E-state index in [2.05, 4.69) is 0 Å². The van der Waals surface area contributed by atoms with E-state index < -0.39 is 17.7 Å². The Morgan fingerprint density at radius 2 is 1.54 bits per heavy atom. The third kappa shape index (κ3) is 3.66. The number of carbonyl (C=O) groups excluding carboxylic acids is 2. The highest BCUT2D eigenvalue weighted by Gasteiger charge is 2.47. The van der Waals surface area contributed by atoms with Gasteiger partial charge >= 0.3 is 0 Å². The summed E-state index contributed by atoms with van der Waals surface area (Å²) in [6, 6.07) is 25.3. The van der Waals surface area contributed by atoms with Crippen LogP contribution in [-0.4, -0.2) is 23.9 Å². The third-order valence-electron chi connectivity index (χ3n) is 6.76. The van der Waals surface area contributed by atoms with E-state index in [9.17, 15) is 14.7 Å². The minimum atomic E-state index is -0.791. The van der Waals surface area contributed by atoms with Crippen molar-refractivity contribution < 1.29 is 19.4 Å². The molecule has 1 N–H and O–H groups in total. The van der Waals surface area contributed by atoms with Crippen molar-refractivity contribution in [2.45, 2.75) is 19.9 Å². The van der Waals surface area contributed by atoms with Crippen LogP contribution in [-0.2, 0) is 9.59 Å². The summed E-state index contributed by atoms with van der Waals surface area (Å²) >= 11 is 0. The summed E-state index contributed by atoms with van der Waals surface area (Å²) in [7, 11) is 1.58. The first kappa shape index (κ1) is 22.4. The number of Topliss-reactive ketones (excluding diaryl/α,β-unsaturated/α-hetero) is 1. The summed E-state index contributed by atoms with van der Waals surface area (Å²) in [5, 5.41) is 13.3. The summed E-state index contributed by atoms with van der Waals surface area (Å²) in [6.45, 7) is 3.90. The summed E-state index contributed by atoms with van der Waals surface area (Å²) in [6.07, 6.45) is 0. The average molecular weight is 464 g/mol. The van der Waals surface area contributed by atoms with Gasteiger partial charge in [-0.15, -0.1) is 0 Å². The molecule has 4 aromatic rings. The number of benzene rings is 4. The lowest BCUT2D eigenvalue weighted by Gasteiger charge is -2.27. The number of ether oxygens (including phenoxy) is 1. The highest BCUT2D eigenvalue weighted by Crippen LogP contribution is 2.44. The first-order valence-electron chi connectivity index (χ1n) is 11.4. The molecular weight excluding hydrogens is 438 g/mol. The molecule has 174 valence electrons. The molecule has 1 unspecified atom stereocenters. The Morgan fingerprint density at radius 1 is 0.857 bits per heavy atom. The number of fused-ring (bicyclic) bond motifs is 1. The van der Waals surface area contributed by atoms with Gasteiger partial charge in [0.1, 0.15) is 11.5 Å². The third-order valence-corrected chi connectivity index (χ3v) is 6.76. The van der Waals surface area contributed by atoms with Crippen LogP contribution in [0.15, 0.2) is 90.5 Å². The monoisotopic (exact) mass is 463 g/mol. The molecule has 0 radical (unpaired) electrons. The molecule has 1 heterocycles. The maximum Gasteiger partial charge on any atom is 0.300 e. The van der Waals surface area contributed by atoms with E-state index in [0.29, 0.717) is 22.6 Å². The van der Waals surface area contributed by atoms with Crippen LogP contribution in [0.25, 0.3) is 16.5 Å². The Morgan fingerprint density at radius 3 is 2.29 bits per heavy atom. The molecule has 0 bridgehead atoms. The lowest BCUT2D eigenvalue weighted by molar-refractivity contribution is -0.132. The van der Waals surface area contributed by atoms with Crippen LogP contribution in [0.4, 0.5) is 5.69 Å². The average Bonchev–Trinajstić information content (AvgIpc) is 3.15. The molecule has 4 aromatic carbocycles. The maximum absolute atomic E-state index is 13.5. The van der Waals surface area contributed by atoms with Crippen LogP contribution >= 0.6 is 0 Å². The number of nitrogens with zero attached hydrogens (tertiary/aromatic N) is 1. The van der Waals surface area contributed by atoms with E-state index in [1.165, 1.54) is 4.90 Å². The normalized spacial score (nSPS) is 17.2. The second kappa shape index (κ2) is 8.76. The van der Waals surface area contributed by atoms with Crippen molar-refractivity contribution in [1.82, 2.24) is 0 Å². The van der Waals surface area contributed by atoms with Gasteiger partial charge < -0.3 is 9.84 Å². The molecule has 5 heteroatoms. The van der Waals surface area contributed by atoms with E-state index in [4.69, 9.17) is 4.74 Å². The summed E-state index contributed by atoms with van der Waals surface area (Å²) < 4.78 is 5.30. The lowest BCUT2D eigenvalue weighted by Crippen LogP contribution is -2.30. The maximum atomic E-state index is 13.5. The summed E-state index contributed by atoms with van der Waals surface area (Å²) in [5.74, 6) is -0.904. The highest BCUT2D eigenvalue weighted by molar-refractivity contribution is 6.52. The number of carbonyl (C=O) groups is 2. The van der Waals surface area contributed by atoms with E-state index in [1.54, 1.807) is 25.3 Å². The Hall–Kier alpha value is -4.38. The van der Waals surface area contributed by atoms with Crippen LogP contribution in [0.5, 0.6) is 5.75 Å². The molecule has 35 heavy (non-hydrogen) atoms. The molecule has 0 saturated carbocycles. The van der Waals surface area contributed by atoms with Gasteiger partial charge in [-0.3, -0.25) is 14.5 Å². The fourth-order valence-electron chi connectivity index (χ4n) is 4.76. The molecule has 1 saturated heterocycles. The van der Waals surface area contributed by atoms with Gasteiger partial charge in [0, 0.05) is 11.3 Å². The van der Waals surface area contributed by atoms with Gasteiger partial charge in [0.2, 0.25) is 0 Å². The molecule has 0 aromatic heterocycles. The van der Waals surface area contributed by atoms with Crippen LogP contribution in [0, 0.1) is 13.8 Å². The smallest absolute Gasteiger partial charge is 0.300 e. The molecule has 5 nitrogen and oxygen atoms in total. The second-order valence-electron chi connectivity index (χ2n) is 8.69. The molecule has 0 spiro atoms. The van der Waals surface area contributed by atoms with Gasteiger partial charge in [0.05, 0.1) is 18.7 Å². The largest absolute Gasteiger partial charge is 0.507 e. The number of aryl methyl sites for hydroxylation is 1. The Labute approximate surface area is 203 Å². The number of hydrogen-bond acceptors (Lipinski definition) is 4. The number of aliphatic hydroxyl groups is 1. The number of rotatable bonds is 4. The topological polar surface area (TPSA) is 66.8 Å². The number of hydrogen-bond donors (Lipinski definition) is 1. The Kier molecular flexibility index (Phi) is 5.61. The highest BCUT2D eigenvalue weighted by atomic mass is 16.5. The molecule has 1 amide bonds. The van der Waals surface area contributed by atoms with E-state index in [1.807, 2.05) is 80.6 Å². The zero-order valence-electron chi connectivity index (χ0n) is 19.8. The van der Waals surface area contributed by atoms with E-state index >= 15 is 0 Å². The van der Waals surface area contributed by atoms with Crippen molar-refractivity contribution in [3.63, 3.8) is 0 Å². The fourth-order valence-corrected chi connectivity index (χ4v) is 4.76. The van der Waals surface area contributed by atoms with Gasteiger partial charge in [-0.1, -0.05) is 66.7 Å². The predicted molar refractivity (Wildman–Crippen MR) is 138 cm³/mol. The number of aliphatic hydroxyl groups excluding tert-OH is 1. The van der Waals surface area contributed by atoms with Crippen molar-refractivity contribution in [3.05, 3.63) is 113 Å². The standard InChI is InChI=1S/C30H25NO4/c1-18-8-6-13-25(19(18)2)31-27(21-14-16-22(35-3)17-15-21)26(29(33)30(31)34)28(32)24-12-7-10-20-9-4-5-11-23(20)24/h4-17,27,32H,1-3H3/b28-26-. The number of anilines is 1. The lowest BCUT2D eigenvalue weighted by atomic mass is 9.93. The van der Waals surface area contributed by atoms with E-state index in [-0.39, 0.29) is 11.3 Å². The summed E-state index contributed by atoms with van der Waals surface area (Å²) in [4.78, 5) is 28.5. The molecule has 5 rings (SSSR count). The zero-order valence-corrected chi connectivity index (χ0v) is 19.8. The van der Waals surface area contributed by atoms with Crippen LogP contribution in [0.2, 0.25) is 0 Å². The van der Waals surface area contributed by atoms with Gasteiger partial charge in [-0.25, -0.2) is 0 Å². The Balaban J connectivity index is 1.79. The first-order valence-corrected chi connectivity index (χ1v) is 11.4. The van der Waals surface area contributed by atoms with Gasteiger partial charge in [0.25, 0.3) is 11.7 Å². The SMILES string of the molecule is COc1ccc(C2/C(=C(/O)c3cccc4ccccc34)C(=O)C(=O)N2c2cccc(C)c2C)cc1. The molecule has 1 fully saturated rings. The fraction of sp³-hybridized carbons (Fsp3) is 0.133. The summed E-state index contributed by atoms with van der Waals surface area (Å²) in [5.41, 5.74) is 3.83. The number of ketones is 1. The minimum Gasteiger partial charge on any atom is -0.507 e. The van der Waals surface area contributed by atoms with Gasteiger partial charge in [-0.2, -0.15) is 0 Å². The minimum absolute atomic E-state index is 0.0671. The zero-order chi connectivity index (χ0) is 24.7. The van der Waals surface area contributed by atoms with Crippen molar-refractivity contribution >= 4 is 33.9 Å². The van der Waals surface area contributed by atoms with Crippen LogP contribution in [0.3, 0.4) is 0 Å². The van der Waals surface area contributed by atoms with E-state index in [0.717, 1.165) is 21.9 Å². The predicted octanol–water partition coefficient (Wildman–Crippen LogP) is 6.09. The van der Waals surface area contributed by atoms with Crippen molar-refractivity contribution in [2.75, 3.05) is 12.0 Å². The first-order chi connectivity index (χ1) is 16.9. The molecular formula is C30H25NO4. The van der Waals surface area contributed by atoms with Crippen LogP contribution < -0.4 is 9.64 Å². The van der Waals surface area contributed by atoms with Crippen molar-refractivity contribution in [3.8, 4) is 5.75 Å². The van der Waals surface area contributed by atoms with Crippen molar-refractivity contribution in [1.29, 1.82) is 0 Å². The number of amides is 1. The quantitative estimate of drug-likeness (QED) is 0.226. The molecule has 1 aliphatic heterocycles. The van der Waals surface area contributed by atoms with Crippen molar-refractivity contribution in [2.24, 2.45) is 0 Å². The van der Waals surface area contributed by atoms with Crippen LogP contribution in [0.1, 0.15) is 28.3 Å². The number of methoxy groups -OCH3 is 1. The second-order valence-corrected chi connectivity index (χ2v) is 8.69. The Bertz CT molecular complexity index is 1500. The van der Waals surface area contributed by atoms with Gasteiger partial charge in [0.15, 0.2) is 0 Å². The molecule has 1 aliphatic rings. The molecule has 1 atom stereocenters. The molecule has 0 aliphatic carbocycles.